The number of fused-ring (bicyclic) bond motifs is 1. The molecule has 2 aromatic rings. The molecule has 1 N–H and O–H groups in total. The SMILES string of the molecule is COc1ccc(NCCc2ccc3c(c2)CCO3)cc1C. The Balaban J connectivity index is 1.57. The van der Waals surface area contributed by atoms with Gasteiger partial charge in [-0.25, -0.2) is 0 Å². The lowest BCUT2D eigenvalue weighted by Crippen LogP contribution is -2.05. The highest BCUT2D eigenvalue weighted by Crippen LogP contribution is 2.26. The van der Waals surface area contributed by atoms with Gasteiger partial charge >= 0.3 is 0 Å². The summed E-state index contributed by atoms with van der Waals surface area (Å²) >= 11 is 0. The molecular formula is C18H21NO2. The van der Waals surface area contributed by atoms with Gasteiger partial charge in [0.25, 0.3) is 0 Å². The van der Waals surface area contributed by atoms with Gasteiger partial charge in [-0.3, -0.25) is 0 Å². The molecule has 3 nitrogen and oxygen atoms in total. The lowest BCUT2D eigenvalue weighted by molar-refractivity contribution is 0.357. The van der Waals surface area contributed by atoms with Crippen LogP contribution in [0.4, 0.5) is 5.69 Å². The van der Waals surface area contributed by atoms with Gasteiger partial charge in [0, 0.05) is 18.7 Å². The molecule has 0 aliphatic carbocycles. The van der Waals surface area contributed by atoms with Crippen molar-refractivity contribution in [2.75, 3.05) is 25.6 Å². The van der Waals surface area contributed by atoms with Gasteiger partial charge in [-0.05, 0) is 54.3 Å². The summed E-state index contributed by atoms with van der Waals surface area (Å²) in [6.45, 7) is 3.80. The maximum Gasteiger partial charge on any atom is 0.122 e. The first kappa shape index (κ1) is 13.8. The maximum atomic E-state index is 5.53. The van der Waals surface area contributed by atoms with Crippen LogP contribution in [0.1, 0.15) is 16.7 Å². The molecule has 21 heavy (non-hydrogen) atoms. The first-order valence-corrected chi connectivity index (χ1v) is 7.39. The van der Waals surface area contributed by atoms with Gasteiger partial charge in [-0.15, -0.1) is 0 Å². The summed E-state index contributed by atoms with van der Waals surface area (Å²) in [6.07, 6.45) is 2.05. The predicted octanol–water partition coefficient (Wildman–Crippen LogP) is 3.59. The van der Waals surface area contributed by atoms with Gasteiger partial charge in [-0.1, -0.05) is 12.1 Å². The Morgan fingerprint density at radius 1 is 1.19 bits per heavy atom. The lowest BCUT2D eigenvalue weighted by atomic mass is 10.1. The molecule has 2 aromatic carbocycles. The third kappa shape index (κ3) is 3.13. The molecule has 0 atom stereocenters. The van der Waals surface area contributed by atoms with E-state index in [1.165, 1.54) is 11.1 Å². The summed E-state index contributed by atoms with van der Waals surface area (Å²) in [5, 5.41) is 3.47. The van der Waals surface area contributed by atoms with Gasteiger partial charge in [0.1, 0.15) is 11.5 Å². The molecule has 0 aromatic heterocycles. The van der Waals surface area contributed by atoms with Gasteiger partial charge in [0.2, 0.25) is 0 Å². The minimum atomic E-state index is 0.822. The lowest BCUT2D eigenvalue weighted by Gasteiger charge is -2.10. The van der Waals surface area contributed by atoms with Crippen molar-refractivity contribution in [2.45, 2.75) is 19.8 Å². The van der Waals surface area contributed by atoms with Crippen LogP contribution in [-0.2, 0) is 12.8 Å². The summed E-state index contributed by atoms with van der Waals surface area (Å²) in [7, 11) is 1.70. The van der Waals surface area contributed by atoms with E-state index in [1.54, 1.807) is 7.11 Å². The smallest absolute Gasteiger partial charge is 0.122 e. The Labute approximate surface area is 125 Å². The Hall–Kier alpha value is -2.16. The third-order valence-electron chi connectivity index (χ3n) is 3.89. The average Bonchev–Trinajstić information content (AvgIpc) is 2.95. The minimum Gasteiger partial charge on any atom is -0.496 e. The number of anilines is 1. The maximum absolute atomic E-state index is 5.53. The van der Waals surface area contributed by atoms with E-state index in [0.29, 0.717) is 0 Å². The quantitative estimate of drug-likeness (QED) is 0.909. The van der Waals surface area contributed by atoms with Crippen LogP contribution in [0.3, 0.4) is 0 Å². The number of aryl methyl sites for hydroxylation is 1. The van der Waals surface area contributed by atoms with Crippen LogP contribution in [0.2, 0.25) is 0 Å². The Kier molecular flexibility index (Phi) is 4.00. The molecular weight excluding hydrogens is 262 g/mol. The van der Waals surface area contributed by atoms with E-state index in [2.05, 4.69) is 42.6 Å². The molecule has 1 heterocycles. The number of benzene rings is 2. The van der Waals surface area contributed by atoms with Crippen molar-refractivity contribution >= 4 is 5.69 Å². The fourth-order valence-corrected chi connectivity index (χ4v) is 2.73. The van der Waals surface area contributed by atoms with Crippen molar-refractivity contribution < 1.29 is 9.47 Å². The number of hydrogen-bond acceptors (Lipinski definition) is 3. The van der Waals surface area contributed by atoms with Gasteiger partial charge in [0.15, 0.2) is 0 Å². The van der Waals surface area contributed by atoms with E-state index in [4.69, 9.17) is 9.47 Å². The van der Waals surface area contributed by atoms with Crippen LogP contribution in [0.5, 0.6) is 11.5 Å². The van der Waals surface area contributed by atoms with Gasteiger partial charge < -0.3 is 14.8 Å². The van der Waals surface area contributed by atoms with Crippen LogP contribution in [0.25, 0.3) is 0 Å². The molecule has 0 unspecified atom stereocenters. The van der Waals surface area contributed by atoms with Crippen LogP contribution < -0.4 is 14.8 Å². The van der Waals surface area contributed by atoms with Crippen molar-refractivity contribution in [3.05, 3.63) is 53.1 Å². The van der Waals surface area contributed by atoms with Crippen LogP contribution in [-0.4, -0.2) is 20.3 Å². The number of ether oxygens (including phenoxy) is 2. The largest absolute Gasteiger partial charge is 0.496 e. The zero-order chi connectivity index (χ0) is 14.7. The van der Waals surface area contributed by atoms with E-state index in [9.17, 15) is 0 Å². The highest BCUT2D eigenvalue weighted by molar-refractivity contribution is 5.51. The topological polar surface area (TPSA) is 30.5 Å². The van der Waals surface area contributed by atoms with E-state index in [0.717, 1.165) is 48.7 Å². The second kappa shape index (κ2) is 6.08. The highest BCUT2D eigenvalue weighted by atomic mass is 16.5. The Morgan fingerprint density at radius 3 is 2.90 bits per heavy atom. The number of methoxy groups -OCH3 is 1. The van der Waals surface area contributed by atoms with Crippen molar-refractivity contribution in [2.24, 2.45) is 0 Å². The van der Waals surface area contributed by atoms with Crippen molar-refractivity contribution in [1.82, 2.24) is 0 Å². The van der Waals surface area contributed by atoms with Crippen LogP contribution in [0.15, 0.2) is 36.4 Å². The van der Waals surface area contributed by atoms with Crippen molar-refractivity contribution in [1.29, 1.82) is 0 Å². The second-order valence-electron chi connectivity index (χ2n) is 5.40. The average molecular weight is 283 g/mol. The van der Waals surface area contributed by atoms with Gasteiger partial charge in [-0.2, -0.15) is 0 Å². The molecule has 0 spiro atoms. The fourth-order valence-electron chi connectivity index (χ4n) is 2.73. The molecule has 1 aliphatic rings. The molecule has 0 amide bonds. The standard InChI is InChI=1S/C18H21NO2/c1-13-11-16(4-6-17(13)20-2)19-9-7-14-3-5-18-15(12-14)8-10-21-18/h3-6,11-12,19H,7-10H2,1-2H3. The zero-order valence-electron chi connectivity index (χ0n) is 12.6. The summed E-state index contributed by atoms with van der Waals surface area (Å²) in [4.78, 5) is 0. The summed E-state index contributed by atoms with van der Waals surface area (Å²) in [5.74, 6) is 1.98. The normalized spacial score (nSPS) is 12.7. The summed E-state index contributed by atoms with van der Waals surface area (Å²) in [5.41, 5.74) is 4.99. The molecule has 3 rings (SSSR count). The van der Waals surface area contributed by atoms with Crippen LogP contribution >= 0.6 is 0 Å². The summed E-state index contributed by atoms with van der Waals surface area (Å²) in [6, 6.07) is 12.7. The highest BCUT2D eigenvalue weighted by Gasteiger charge is 2.11. The van der Waals surface area contributed by atoms with E-state index >= 15 is 0 Å². The molecule has 0 bridgehead atoms. The zero-order valence-corrected chi connectivity index (χ0v) is 12.6. The third-order valence-corrected chi connectivity index (χ3v) is 3.89. The molecule has 0 saturated carbocycles. The molecule has 110 valence electrons. The monoisotopic (exact) mass is 283 g/mol. The Bertz CT molecular complexity index is 637. The molecule has 3 heteroatoms. The van der Waals surface area contributed by atoms with E-state index < -0.39 is 0 Å². The molecule has 1 aliphatic heterocycles. The molecule has 0 radical (unpaired) electrons. The Morgan fingerprint density at radius 2 is 2.10 bits per heavy atom. The number of hydrogen-bond donors (Lipinski definition) is 1. The van der Waals surface area contributed by atoms with E-state index in [1.807, 2.05) is 6.07 Å². The minimum absolute atomic E-state index is 0.822. The fraction of sp³-hybridized carbons (Fsp3) is 0.333. The predicted molar refractivity (Wildman–Crippen MR) is 85.6 cm³/mol. The van der Waals surface area contributed by atoms with E-state index in [-0.39, 0.29) is 0 Å². The van der Waals surface area contributed by atoms with Crippen LogP contribution in [0, 0.1) is 6.92 Å². The molecule has 0 fully saturated rings. The first-order valence-electron chi connectivity index (χ1n) is 7.39. The summed E-state index contributed by atoms with van der Waals surface area (Å²) < 4.78 is 10.8. The first-order chi connectivity index (χ1) is 10.3. The van der Waals surface area contributed by atoms with Crippen molar-refractivity contribution in [3.63, 3.8) is 0 Å². The second-order valence-corrected chi connectivity index (χ2v) is 5.40. The number of nitrogens with one attached hydrogen (secondary N) is 1. The number of rotatable bonds is 5. The van der Waals surface area contributed by atoms with Crippen molar-refractivity contribution in [3.8, 4) is 11.5 Å². The van der Waals surface area contributed by atoms with Gasteiger partial charge in [0.05, 0.1) is 13.7 Å². The molecule has 0 saturated heterocycles.